The number of aliphatic hydroxyl groups excluding tert-OH is 5. The molecule has 11 heteroatoms. The number of carbonyl (C=O) groups is 2. The fourth-order valence-electron chi connectivity index (χ4n) is 9.15. The highest BCUT2D eigenvalue weighted by Gasteiger charge is 2.44. The molecule has 0 saturated carbocycles. The van der Waals surface area contributed by atoms with Crippen LogP contribution in [0.15, 0.2) is 48.6 Å². The highest BCUT2D eigenvalue weighted by molar-refractivity contribution is 5.76. The first-order valence-electron chi connectivity index (χ1n) is 29.9. The van der Waals surface area contributed by atoms with Crippen LogP contribution in [-0.2, 0) is 23.8 Å². The number of carbonyl (C=O) groups excluding carboxylic acids is 2. The third kappa shape index (κ3) is 40.0. The molecule has 1 aliphatic rings. The van der Waals surface area contributed by atoms with Crippen molar-refractivity contribution in [2.45, 2.75) is 307 Å². The zero-order valence-electron chi connectivity index (χ0n) is 46.1. The number of allylic oxidation sites excluding steroid dienone is 7. The quantitative estimate of drug-likeness (QED) is 0.0149. The topological polar surface area (TPSA) is 175 Å². The standard InChI is InChI=1S/C61H111NO10/c1-3-5-7-9-11-13-15-16-24-28-31-35-39-43-47-54(64)53(52-71-61-60(69)59(68)58(67)55(51-63)72-61)62-56(65)48-44-40-36-32-29-25-22-20-18-17-19-21-23-26-30-34-38-42-46-50-70-57(66)49-45-41-37-33-27-14-12-10-8-6-4-2/h21,23,26,28,30-31,43,47,53-55,58-61,63-64,67-69H,3-20,22,24-25,27,29,32-42,44-46,48-52H2,1-2H3,(H,62,65)/b23-21-,30-26-,31-28+,47-43+. The lowest BCUT2D eigenvalue weighted by atomic mass is 9.99. The van der Waals surface area contributed by atoms with E-state index in [4.69, 9.17) is 14.2 Å². The van der Waals surface area contributed by atoms with Crippen LogP contribution >= 0.6 is 0 Å². The summed E-state index contributed by atoms with van der Waals surface area (Å²) < 4.78 is 16.7. The number of esters is 1. The second-order valence-electron chi connectivity index (χ2n) is 20.7. The SMILES string of the molecule is CCCCCCCCCC/C=C/CC/C=C/C(O)C(COC1OC(CO)C(O)C(O)C1O)NC(=O)CCCCCCCCCCCC/C=C\C=C/CCCCCOC(=O)CCCCCCCCCCCCC. The molecule has 420 valence electrons. The van der Waals surface area contributed by atoms with Gasteiger partial charge in [0, 0.05) is 12.8 Å². The largest absolute Gasteiger partial charge is 0.466 e. The van der Waals surface area contributed by atoms with Crippen molar-refractivity contribution in [3.05, 3.63) is 48.6 Å². The van der Waals surface area contributed by atoms with E-state index in [1.807, 2.05) is 6.08 Å². The molecule has 0 spiro atoms. The van der Waals surface area contributed by atoms with Gasteiger partial charge in [0.15, 0.2) is 6.29 Å². The van der Waals surface area contributed by atoms with E-state index in [1.165, 1.54) is 148 Å². The average molecular weight is 1020 g/mol. The summed E-state index contributed by atoms with van der Waals surface area (Å²) in [6.45, 7) is 4.27. The van der Waals surface area contributed by atoms with Crippen LogP contribution < -0.4 is 5.32 Å². The zero-order chi connectivity index (χ0) is 52.4. The van der Waals surface area contributed by atoms with E-state index >= 15 is 0 Å². The van der Waals surface area contributed by atoms with E-state index in [-0.39, 0.29) is 18.5 Å². The Balaban J connectivity index is 2.15. The smallest absolute Gasteiger partial charge is 0.305 e. The van der Waals surface area contributed by atoms with E-state index < -0.39 is 49.5 Å². The lowest BCUT2D eigenvalue weighted by Crippen LogP contribution is -2.60. The Morgan fingerprint density at radius 2 is 0.944 bits per heavy atom. The molecule has 1 fully saturated rings. The van der Waals surface area contributed by atoms with Crippen molar-refractivity contribution in [1.29, 1.82) is 0 Å². The van der Waals surface area contributed by atoms with Crippen LogP contribution in [0.1, 0.15) is 264 Å². The Morgan fingerprint density at radius 1 is 0.514 bits per heavy atom. The number of hydrogen-bond acceptors (Lipinski definition) is 10. The number of rotatable bonds is 51. The summed E-state index contributed by atoms with van der Waals surface area (Å²) in [5.41, 5.74) is 0. The fourth-order valence-corrected chi connectivity index (χ4v) is 9.15. The minimum atomic E-state index is -1.58. The molecule has 72 heavy (non-hydrogen) atoms. The number of ether oxygens (including phenoxy) is 3. The molecule has 6 N–H and O–H groups in total. The summed E-state index contributed by atoms with van der Waals surface area (Å²) in [6.07, 6.45) is 53.4. The average Bonchev–Trinajstić information content (AvgIpc) is 3.38. The Kier molecular flexibility index (Phi) is 47.7. The third-order valence-electron chi connectivity index (χ3n) is 13.9. The number of aliphatic hydroxyl groups is 5. The Morgan fingerprint density at radius 3 is 1.46 bits per heavy atom. The van der Waals surface area contributed by atoms with E-state index in [1.54, 1.807) is 6.08 Å². The molecular formula is C61H111NO10. The first-order valence-corrected chi connectivity index (χ1v) is 29.9. The van der Waals surface area contributed by atoms with Crippen molar-refractivity contribution < 1.29 is 49.3 Å². The molecule has 7 unspecified atom stereocenters. The molecule has 0 aromatic rings. The molecule has 0 aliphatic carbocycles. The molecule has 0 aromatic heterocycles. The molecule has 0 aromatic carbocycles. The van der Waals surface area contributed by atoms with Gasteiger partial charge >= 0.3 is 5.97 Å². The summed E-state index contributed by atoms with van der Waals surface area (Å²) in [5, 5.41) is 54.4. The predicted molar refractivity (Wildman–Crippen MR) is 297 cm³/mol. The van der Waals surface area contributed by atoms with Gasteiger partial charge in [0.2, 0.25) is 5.91 Å². The monoisotopic (exact) mass is 1020 g/mol. The van der Waals surface area contributed by atoms with Crippen LogP contribution in [0, 0.1) is 0 Å². The van der Waals surface area contributed by atoms with Crippen molar-refractivity contribution in [3.63, 3.8) is 0 Å². The van der Waals surface area contributed by atoms with Crippen LogP contribution in [0.3, 0.4) is 0 Å². The molecule has 1 saturated heterocycles. The van der Waals surface area contributed by atoms with Gasteiger partial charge in [-0.2, -0.15) is 0 Å². The molecule has 0 radical (unpaired) electrons. The van der Waals surface area contributed by atoms with E-state index in [9.17, 15) is 35.1 Å². The molecule has 1 aliphatic heterocycles. The fraction of sp³-hybridized carbons (Fsp3) is 0.836. The minimum absolute atomic E-state index is 0.0295. The van der Waals surface area contributed by atoms with Crippen molar-refractivity contribution in [3.8, 4) is 0 Å². The molecule has 1 heterocycles. The molecular weight excluding hydrogens is 907 g/mol. The summed E-state index contributed by atoms with van der Waals surface area (Å²) in [4.78, 5) is 25.0. The van der Waals surface area contributed by atoms with Crippen LogP contribution in [-0.4, -0.2) is 100 Å². The minimum Gasteiger partial charge on any atom is -0.466 e. The molecule has 11 nitrogen and oxygen atoms in total. The summed E-state index contributed by atoms with van der Waals surface area (Å²) >= 11 is 0. The van der Waals surface area contributed by atoms with Crippen LogP contribution in [0.5, 0.6) is 0 Å². The molecule has 1 rings (SSSR count). The van der Waals surface area contributed by atoms with Gasteiger partial charge < -0.3 is 45.1 Å². The maximum Gasteiger partial charge on any atom is 0.305 e. The van der Waals surface area contributed by atoms with Crippen LogP contribution in [0.25, 0.3) is 0 Å². The summed E-state index contributed by atoms with van der Waals surface area (Å²) in [6, 6.07) is -0.836. The third-order valence-corrected chi connectivity index (χ3v) is 13.9. The highest BCUT2D eigenvalue weighted by Crippen LogP contribution is 2.23. The van der Waals surface area contributed by atoms with Gasteiger partial charge in [0.25, 0.3) is 0 Å². The molecule has 0 bridgehead atoms. The Hall–Kier alpha value is -2.38. The van der Waals surface area contributed by atoms with Gasteiger partial charge in [0.1, 0.15) is 24.4 Å². The summed E-state index contributed by atoms with van der Waals surface area (Å²) in [5.74, 6) is -0.231. The number of nitrogens with one attached hydrogen (secondary N) is 1. The second-order valence-corrected chi connectivity index (χ2v) is 20.7. The van der Waals surface area contributed by atoms with E-state index in [2.05, 4.69) is 55.6 Å². The van der Waals surface area contributed by atoms with Gasteiger partial charge in [-0.05, 0) is 77.0 Å². The van der Waals surface area contributed by atoms with Crippen molar-refractivity contribution >= 4 is 11.9 Å². The Bertz CT molecular complexity index is 1340. The lowest BCUT2D eigenvalue weighted by Gasteiger charge is -2.40. The molecule has 7 atom stereocenters. The zero-order valence-corrected chi connectivity index (χ0v) is 46.1. The maximum atomic E-state index is 13.0. The number of unbranched alkanes of at least 4 members (excludes halogenated alkanes) is 32. The Labute approximate surface area is 440 Å². The number of amides is 1. The van der Waals surface area contributed by atoms with Crippen LogP contribution in [0.2, 0.25) is 0 Å². The lowest BCUT2D eigenvalue weighted by molar-refractivity contribution is -0.302. The normalized spacial score (nSPS) is 19.3. The second kappa shape index (κ2) is 50.8. The van der Waals surface area contributed by atoms with Gasteiger partial charge in [-0.1, -0.05) is 223 Å². The van der Waals surface area contributed by atoms with Crippen LogP contribution in [0.4, 0.5) is 0 Å². The predicted octanol–water partition coefficient (Wildman–Crippen LogP) is 13.7. The first-order chi connectivity index (χ1) is 35.2. The number of hydrogen-bond donors (Lipinski definition) is 6. The first kappa shape index (κ1) is 67.6. The summed E-state index contributed by atoms with van der Waals surface area (Å²) in [7, 11) is 0. The van der Waals surface area contributed by atoms with Crippen molar-refractivity contribution in [2.24, 2.45) is 0 Å². The van der Waals surface area contributed by atoms with Crippen molar-refractivity contribution in [1.82, 2.24) is 5.32 Å². The van der Waals surface area contributed by atoms with Crippen molar-refractivity contribution in [2.75, 3.05) is 19.8 Å². The van der Waals surface area contributed by atoms with Gasteiger partial charge in [0.05, 0.1) is 32.0 Å². The van der Waals surface area contributed by atoms with E-state index in [0.717, 1.165) is 89.9 Å². The van der Waals surface area contributed by atoms with E-state index in [0.29, 0.717) is 19.4 Å². The molecule has 1 amide bonds. The highest BCUT2D eigenvalue weighted by atomic mass is 16.7. The van der Waals surface area contributed by atoms with Gasteiger partial charge in [-0.25, -0.2) is 0 Å². The van der Waals surface area contributed by atoms with Gasteiger partial charge in [-0.3, -0.25) is 9.59 Å². The maximum absolute atomic E-state index is 13.0. The van der Waals surface area contributed by atoms with Gasteiger partial charge in [-0.15, -0.1) is 0 Å².